The molecule has 3 rings (SSSR count). The predicted octanol–water partition coefficient (Wildman–Crippen LogP) is 6.50. The number of aromatic nitrogens is 1. The molecule has 0 unspecified atom stereocenters. The summed E-state index contributed by atoms with van der Waals surface area (Å²) in [5.74, 6) is -5.42. The number of rotatable bonds is 12. The number of hydrogen-bond donors (Lipinski definition) is 2. The van der Waals surface area contributed by atoms with Gasteiger partial charge in [0.15, 0.2) is 5.13 Å². The summed E-state index contributed by atoms with van der Waals surface area (Å²) in [5, 5.41) is 13.1. The molecular weight excluding hydrogens is 521 g/mol. The molecule has 11 heteroatoms. The Bertz CT molecular complexity index is 1310. The number of carbonyl (C=O) groups is 2. The van der Waals surface area contributed by atoms with Gasteiger partial charge in [-0.2, -0.15) is 0 Å². The highest BCUT2D eigenvalue weighted by Crippen LogP contribution is 2.29. The van der Waals surface area contributed by atoms with Gasteiger partial charge in [-0.1, -0.05) is 38.8 Å². The van der Waals surface area contributed by atoms with Gasteiger partial charge in [0.2, 0.25) is 5.76 Å². The van der Waals surface area contributed by atoms with E-state index in [9.17, 15) is 18.4 Å². The number of halogens is 3. The fourth-order valence-corrected chi connectivity index (χ4v) is 4.27. The van der Waals surface area contributed by atoms with E-state index >= 15 is 4.39 Å². The lowest BCUT2D eigenvalue weighted by molar-refractivity contribution is -0.135. The molecule has 0 saturated heterocycles. The SMILES string of the molecule is CCC(CC)COCc1cccc(-c2csc(NC(=O)c3cc(F)c(C=C(OC)C(=O)O)c(F)c3)n2)c1F. The van der Waals surface area contributed by atoms with Crippen molar-refractivity contribution in [1.82, 2.24) is 4.98 Å². The van der Waals surface area contributed by atoms with Crippen LogP contribution in [0.4, 0.5) is 18.3 Å². The third-order valence-electron chi connectivity index (χ3n) is 5.89. The molecular formula is C27H27F3N2O5S. The molecule has 38 heavy (non-hydrogen) atoms. The van der Waals surface area contributed by atoms with Crippen molar-refractivity contribution in [3.8, 4) is 11.3 Å². The number of carbonyl (C=O) groups excluding carboxylic acids is 1. The van der Waals surface area contributed by atoms with Gasteiger partial charge in [-0.05, 0) is 24.1 Å². The van der Waals surface area contributed by atoms with Gasteiger partial charge in [0, 0.05) is 40.3 Å². The number of hydrogen-bond acceptors (Lipinski definition) is 6. The third-order valence-corrected chi connectivity index (χ3v) is 6.65. The summed E-state index contributed by atoms with van der Waals surface area (Å²) in [6.07, 6.45) is 2.64. The third kappa shape index (κ3) is 6.99. The number of benzene rings is 2. The molecule has 2 aromatic carbocycles. The van der Waals surface area contributed by atoms with Gasteiger partial charge < -0.3 is 14.6 Å². The summed E-state index contributed by atoms with van der Waals surface area (Å²) in [4.78, 5) is 27.9. The number of carboxylic acids is 1. The number of thiazole rings is 1. The molecule has 1 amide bonds. The van der Waals surface area contributed by atoms with Crippen LogP contribution in [-0.2, 0) is 20.9 Å². The summed E-state index contributed by atoms with van der Waals surface area (Å²) in [5.41, 5.74) is -0.136. The molecule has 1 aromatic heterocycles. The van der Waals surface area contributed by atoms with Gasteiger partial charge in [-0.3, -0.25) is 10.1 Å². The van der Waals surface area contributed by atoms with Gasteiger partial charge in [0.05, 0.1) is 19.4 Å². The molecule has 3 aromatic rings. The van der Waals surface area contributed by atoms with E-state index < -0.39 is 40.7 Å². The molecule has 0 radical (unpaired) electrons. The first-order valence-corrected chi connectivity index (χ1v) is 12.7. The van der Waals surface area contributed by atoms with Crippen LogP contribution in [0.3, 0.4) is 0 Å². The fraction of sp³-hybridized carbons (Fsp3) is 0.296. The monoisotopic (exact) mass is 548 g/mol. The molecule has 0 fully saturated rings. The van der Waals surface area contributed by atoms with Gasteiger partial charge in [-0.15, -0.1) is 11.3 Å². The summed E-state index contributed by atoms with van der Waals surface area (Å²) < 4.78 is 54.4. The molecule has 0 atom stereocenters. The van der Waals surface area contributed by atoms with Crippen molar-refractivity contribution in [2.75, 3.05) is 19.0 Å². The molecule has 0 aliphatic heterocycles. The summed E-state index contributed by atoms with van der Waals surface area (Å²) >= 11 is 1.02. The van der Waals surface area contributed by atoms with Crippen molar-refractivity contribution in [1.29, 1.82) is 0 Å². The molecule has 0 aliphatic carbocycles. The second-order valence-corrected chi connectivity index (χ2v) is 9.20. The molecule has 202 valence electrons. The summed E-state index contributed by atoms with van der Waals surface area (Å²) in [6, 6.07) is 6.40. The summed E-state index contributed by atoms with van der Waals surface area (Å²) in [6.45, 7) is 4.81. The van der Waals surface area contributed by atoms with E-state index in [-0.39, 0.29) is 28.6 Å². The van der Waals surface area contributed by atoms with Gasteiger partial charge in [0.1, 0.15) is 17.5 Å². The topological polar surface area (TPSA) is 97.8 Å². The van der Waals surface area contributed by atoms with Gasteiger partial charge in [0.25, 0.3) is 5.91 Å². The van der Waals surface area contributed by atoms with E-state index in [4.69, 9.17) is 9.84 Å². The zero-order chi connectivity index (χ0) is 27.8. The Morgan fingerprint density at radius 3 is 2.45 bits per heavy atom. The molecule has 1 heterocycles. The quantitative estimate of drug-likeness (QED) is 0.198. The van der Waals surface area contributed by atoms with Crippen LogP contribution >= 0.6 is 11.3 Å². The van der Waals surface area contributed by atoms with E-state index in [1.807, 2.05) is 0 Å². The Morgan fingerprint density at radius 1 is 1.16 bits per heavy atom. The van der Waals surface area contributed by atoms with E-state index in [0.717, 1.165) is 43.4 Å². The van der Waals surface area contributed by atoms with E-state index in [2.05, 4.69) is 28.9 Å². The molecule has 0 saturated carbocycles. The maximum absolute atomic E-state index is 15.1. The Labute approximate surface area is 221 Å². The van der Waals surface area contributed by atoms with Crippen LogP contribution in [0.2, 0.25) is 0 Å². The first kappa shape index (κ1) is 28.9. The lowest BCUT2D eigenvalue weighted by Crippen LogP contribution is -2.13. The number of anilines is 1. The van der Waals surface area contributed by atoms with Crippen molar-refractivity contribution < 1.29 is 37.3 Å². The molecule has 0 bridgehead atoms. The lowest BCUT2D eigenvalue weighted by Gasteiger charge is -2.13. The number of nitrogens with zero attached hydrogens (tertiary/aromatic N) is 1. The maximum atomic E-state index is 15.1. The molecule has 2 N–H and O–H groups in total. The van der Waals surface area contributed by atoms with Crippen LogP contribution in [-0.4, -0.2) is 35.7 Å². The minimum absolute atomic E-state index is 0.0946. The van der Waals surface area contributed by atoms with Crippen LogP contribution < -0.4 is 5.32 Å². The van der Waals surface area contributed by atoms with Crippen LogP contribution in [0.5, 0.6) is 0 Å². The van der Waals surface area contributed by atoms with Gasteiger partial charge in [-0.25, -0.2) is 22.9 Å². The van der Waals surface area contributed by atoms with E-state index in [1.54, 1.807) is 23.6 Å². The standard InChI is InChI=1S/C27H27F3N2O5S/c1-4-15(5-2)12-37-13-16-7-6-8-18(24(16)30)22-14-38-27(31-22)32-25(33)17-9-20(28)19(21(29)10-17)11-23(36-3)26(34)35/h6-11,14-15H,4-5,12-13H2,1-3H3,(H,34,35)(H,31,32,33). The predicted molar refractivity (Wildman–Crippen MR) is 138 cm³/mol. The normalized spacial score (nSPS) is 11.6. The highest BCUT2D eigenvalue weighted by molar-refractivity contribution is 7.14. The van der Waals surface area contributed by atoms with Crippen LogP contribution in [0.1, 0.15) is 48.2 Å². The number of aliphatic carboxylic acids is 1. The largest absolute Gasteiger partial charge is 0.490 e. The highest BCUT2D eigenvalue weighted by atomic mass is 32.1. The van der Waals surface area contributed by atoms with E-state index in [0.29, 0.717) is 24.2 Å². The lowest BCUT2D eigenvalue weighted by atomic mass is 10.1. The van der Waals surface area contributed by atoms with Crippen molar-refractivity contribution in [3.63, 3.8) is 0 Å². The number of ether oxygens (including phenoxy) is 2. The van der Waals surface area contributed by atoms with Crippen molar-refractivity contribution >= 4 is 34.4 Å². The zero-order valence-corrected chi connectivity index (χ0v) is 21.8. The fourth-order valence-electron chi connectivity index (χ4n) is 3.57. The molecule has 0 aliphatic rings. The van der Waals surface area contributed by atoms with Gasteiger partial charge >= 0.3 is 5.97 Å². The number of methoxy groups -OCH3 is 1. The zero-order valence-electron chi connectivity index (χ0n) is 21.0. The minimum Gasteiger partial charge on any atom is -0.490 e. The number of carboxylic acid groups (broad SMARTS) is 1. The van der Waals surface area contributed by atoms with Crippen LogP contribution in [0, 0.1) is 23.4 Å². The maximum Gasteiger partial charge on any atom is 0.371 e. The number of amides is 1. The van der Waals surface area contributed by atoms with E-state index in [1.165, 1.54) is 0 Å². The molecule has 0 spiro atoms. The Balaban J connectivity index is 1.74. The average molecular weight is 549 g/mol. The molecule has 7 nitrogen and oxygen atoms in total. The van der Waals surface area contributed by atoms with Crippen molar-refractivity contribution in [3.05, 3.63) is 75.6 Å². The van der Waals surface area contributed by atoms with Crippen LogP contribution in [0.15, 0.2) is 41.5 Å². The second-order valence-electron chi connectivity index (χ2n) is 8.34. The van der Waals surface area contributed by atoms with Crippen molar-refractivity contribution in [2.45, 2.75) is 33.3 Å². The summed E-state index contributed by atoms with van der Waals surface area (Å²) in [7, 11) is 1.05. The van der Waals surface area contributed by atoms with Crippen LogP contribution in [0.25, 0.3) is 17.3 Å². The Morgan fingerprint density at radius 2 is 1.84 bits per heavy atom. The average Bonchev–Trinajstić information content (AvgIpc) is 3.35. The first-order chi connectivity index (χ1) is 18.2. The number of nitrogens with one attached hydrogen (secondary N) is 1. The Hall–Kier alpha value is -3.70. The minimum atomic E-state index is -1.51. The Kier molecular flexibility index (Phi) is 10.0. The smallest absolute Gasteiger partial charge is 0.371 e. The highest BCUT2D eigenvalue weighted by Gasteiger charge is 2.19. The second kappa shape index (κ2) is 13.2. The van der Waals surface area contributed by atoms with Crippen molar-refractivity contribution in [2.24, 2.45) is 5.92 Å². The first-order valence-electron chi connectivity index (χ1n) is 11.8.